The van der Waals surface area contributed by atoms with E-state index in [9.17, 15) is 4.79 Å². The Bertz CT molecular complexity index is 653. The number of methoxy groups -OCH3 is 2. The Morgan fingerprint density at radius 3 is 2.31 bits per heavy atom. The average molecular weight is 467 g/mol. The van der Waals surface area contributed by atoms with Crippen molar-refractivity contribution in [2.75, 3.05) is 40.4 Å². The van der Waals surface area contributed by atoms with E-state index in [1.165, 1.54) is 19.3 Å². The summed E-state index contributed by atoms with van der Waals surface area (Å²) in [7, 11) is 3.66. The quantitative estimate of drug-likeness (QED) is 0.652. The largest absolute Gasteiger partial charge is 0.381 e. The number of hydrogen-bond donors (Lipinski definition) is 2. The lowest BCUT2D eigenvalue weighted by molar-refractivity contribution is -0.133. The topological polar surface area (TPSA) is 80.1 Å². The van der Waals surface area contributed by atoms with Crippen molar-refractivity contribution in [2.24, 2.45) is 17.6 Å². The van der Waals surface area contributed by atoms with E-state index in [2.05, 4.69) is 15.1 Å². The number of thioether (sulfide) groups is 1. The van der Waals surface area contributed by atoms with Crippen LogP contribution in [0.15, 0.2) is 0 Å². The van der Waals surface area contributed by atoms with E-state index in [0.717, 1.165) is 58.3 Å². The van der Waals surface area contributed by atoms with Crippen molar-refractivity contribution < 1.29 is 14.3 Å². The van der Waals surface area contributed by atoms with Crippen LogP contribution in [0.1, 0.15) is 51.4 Å². The number of piperazine rings is 1. The van der Waals surface area contributed by atoms with Crippen molar-refractivity contribution >= 4 is 17.7 Å². The Morgan fingerprint density at radius 1 is 0.938 bits per heavy atom. The predicted octanol–water partition coefficient (Wildman–Crippen LogP) is 1.65. The van der Waals surface area contributed by atoms with E-state index < -0.39 is 0 Å². The summed E-state index contributed by atoms with van der Waals surface area (Å²) in [4.78, 5) is 18.2. The predicted molar refractivity (Wildman–Crippen MR) is 128 cm³/mol. The van der Waals surface area contributed by atoms with Crippen LogP contribution in [0, 0.1) is 11.8 Å². The first kappa shape index (κ1) is 23.4. The van der Waals surface area contributed by atoms with Crippen LogP contribution < -0.4 is 11.1 Å². The molecule has 2 saturated carbocycles. The highest BCUT2D eigenvalue weighted by atomic mass is 32.2. The van der Waals surface area contributed by atoms with E-state index in [4.69, 9.17) is 15.2 Å². The molecule has 1 amide bonds. The fraction of sp³-hybridized carbons (Fsp3) is 0.958. The van der Waals surface area contributed by atoms with Gasteiger partial charge < -0.3 is 25.4 Å². The van der Waals surface area contributed by atoms with Gasteiger partial charge in [-0.3, -0.25) is 9.69 Å². The van der Waals surface area contributed by atoms with Crippen molar-refractivity contribution in [3.05, 3.63) is 0 Å². The summed E-state index contributed by atoms with van der Waals surface area (Å²) in [6.07, 6.45) is 10.2. The third-order valence-electron chi connectivity index (χ3n) is 9.12. The summed E-state index contributed by atoms with van der Waals surface area (Å²) >= 11 is 1.80. The molecule has 32 heavy (non-hydrogen) atoms. The maximum atomic E-state index is 13.5. The maximum absolute atomic E-state index is 13.5. The minimum Gasteiger partial charge on any atom is -0.381 e. The van der Waals surface area contributed by atoms with Gasteiger partial charge in [-0.25, -0.2) is 0 Å². The summed E-state index contributed by atoms with van der Waals surface area (Å²) in [5, 5.41) is 4.09. The molecule has 2 aliphatic carbocycles. The Kier molecular flexibility index (Phi) is 7.36. The minimum atomic E-state index is -0.0976. The van der Waals surface area contributed by atoms with Crippen LogP contribution in [0.3, 0.4) is 0 Å². The monoisotopic (exact) mass is 466 g/mol. The van der Waals surface area contributed by atoms with E-state index in [-0.39, 0.29) is 17.2 Å². The lowest BCUT2D eigenvalue weighted by Gasteiger charge is -2.44. The van der Waals surface area contributed by atoms with Crippen LogP contribution >= 0.6 is 11.8 Å². The van der Waals surface area contributed by atoms with Crippen molar-refractivity contribution in [3.8, 4) is 0 Å². The number of rotatable bonds is 4. The van der Waals surface area contributed by atoms with E-state index >= 15 is 0 Å². The SMILES string of the molecule is COC1CCC(N2CCN(C(=O)C3SC4NC5CC(OC)CCC5CC4C3N)CC2)CC1. The van der Waals surface area contributed by atoms with Crippen LogP contribution in [-0.4, -0.2) is 97.1 Å². The number of nitrogens with one attached hydrogen (secondary N) is 1. The highest BCUT2D eigenvalue weighted by Crippen LogP contribution is 2.47. The van der Waals surface area contributed by atoms with Crippen LogP contribution in [0.2, 0.25) is 0 Å². The van der Waals surface area contributed by atoms with Crippen molar-refractivity contribution in [1.29, 1.82) is 0 Å². The Morgan fingerprint density at radius 2 is 1.62 bits per heavy atom. The van der Waals surface area contributed by atoms with Gasteiger partial charge in [-0.05, 0) is 57.3 Å². The van der Waals surface area contributed by atoms with Crippen molar-refractivity contribution in [3.63, 3.8) is 0 Å². The van der Waals surface area contributed by atoms with Crippen LogP contribution in [-0.2, 0) is 14.3 Å². The lowest BCUT2D eigenvalue weighted by atomic mass is 9.73. The molecule has 8 heteroatoms. The third kappa shape index (κ3) is 4.60. The first-order chi connectivity index (χ1) is 15.6. The number of hydrogen-bond acceptors (Lipinski definition) is 7. The molecule has 0 aromatic heterocycles. The Labute approximate surface area is 197 Å². The fourth-order valence-electron chi connectivity index (χ4n) is 7.03. The molecule has 3 heterocycles. The smallest absolute Gasteiger partial charge is 0.237 e. The molecule has 0 aromatic carbocycles. The molecule has 7 atom stereocenters. The molecule has 0 bridgehead atoms. The zero-order valence-corrected chi connectivity index (χ0v) is 20.6. The number of fused-ring (bicyclic) bond motifs is 2. The van der Waals surface area contributed by atoms with Gasteiger partial charge in [0, 0.05) is 64.4 Å². The second-order valence-corrected chi connectivity index (χ2v) is 12.0. The highest BCUT2D eigenvalue weighted by molar-refractivity contribution is 8.01. The second-order valence-electron chi connectivity index (χ2n) is 10.7. The van der Waals surface area contributed by atoms with Gasteiger partial charge >= 0.3 is 0 Å². The van der Waals surface area contributed by atoms with Gasteiger partial charge in [-0.1, -0.05) is 0 Å². The molecule has 0 spiro atoms. The molecule has 5 fully saturated rings. The molecule has 3 saturated heterocycles. The van der Waals surface area contributed by atoms with Crippen LogP contribution in [0.25, 0.3) is 0 Å². The molecule has 0 aromatic rings. The standard InChI is InChI=1S/C24H42N4O3S/c1-30-17-7-4-16(5-8-17)27-9-11-28(12-10-27)24(29)22-21(25)19-13-15-3-6-18(31-2)14-20(15)26-23(19)32-22/h15-23,26H,3-14,25H2,1-2H3. The lowest BCUT2D eigenvalue weighted by Crippen LogP contribution is -2.57. The van der Waals surface area contributed by atoms with Crippen molar-refractivity contribution in [2.45, 2.75) is 92.3 Å². The molecular formula is C24H42N4O3S. The summed E-state index contributed by atoms with van der Waals surface area (Å²) in [5.74, 6) is 1.37. The number of ether oxygens (including phenoxy) is 2. The molecule has 0 radical (unpaired) electrons. The summed E-state index contributed by atoms with van der Waals surface area (Å²) < 4.78 is 11.2. The van der Waals surface area contributed by atoms with Crippen molar-refractivity contribution in [1.82, 2.24) is 15.1 Å². The molecule has 3 aliphatic heterocycles. The van der Waals surface area contributed by atoms with Gasteiger partial charge in [0.2, 0.25) is 5.91 Å². The van der Waals surface area contributed by atoms with E-state index in [1.54, 1.807) is 11.8 Å². The maximum Gasteiger partial charge on any atom is 0.237 e. The summed E-state index contributed by atoms with van der Waals surface area (Å²) in [6.45, 7) is 3.68. The number of amides is 1. The van der Waals surface area contributed by atoms with E-state index in [0.29, 0.717) is 41.5 Å². The molecular weight excluding hydrogens is 424 g/mol. The zero-order valence-electron chi connectivity index (χ0n) is 19.8. The molecule has 5 aliphatic rings. The van der Waals surface area contributed by atoms with Gasteiger partial charge in [0.05, 0.1) is 17.6 Å². The number of nitrogens with two attached hydrogens (primary N) is 1. The highest BCUT2D eigenvalue weighted by Gasteiger charge is 2.52. The first-order valence-electron chi connectivity index (χ1n) is 12.8. The second kappa shape index (κ2) is 10.1. The van der Waals surface area contributed by atoms with Gasteiger partial charge in [0.15, 0.2) is 0 Å². The van der Waals surface area contributed by atoms with Gasteiger partial charge in [-0.15, -0.1) is 11.8 Å². The zero-order chi connectivity index (χ0) is 22.2. The Balaban J connectivity index is 1.13. The normalized spacial score (nSPS) is 45.3. The molecule has 7 unspecified atom stereocenters. The summed E-state index contributed by atoms with van der Waals surface area (Å²) in [5.41, 5.74) is 6.73. The fourth-order valence-corrected chi connectivity index (χ4v) is 8.74. The van der Waals surface area contributed by atoms with E-state index in [1.807, 2.05) is 14.2 Å². The number of carbonyl (C=O) groups is 1. The molecule has 7 nitrogen and oxygen atoms in total. The Hall–Kier alpha value is -0.380. The number of piperidine rings is 1. The number of nitrogens with zero attached hydrogens (tertiary/aromatic N) is 2. The summed E-state index contributed by atoms with van der Waals surface area (Å²) in [6, 6.07) is 1.14. The van der Waals surface area contributed by atoms with Crippen LogP contribution in [0.5, 0.6) is 0 Å². The number of carbonyl (C=O) groups excluding carboxylic acids is 1. The molecule has 5 rings (SSSR count). The first-order valence-corrected chi connectivity index (χ1v) is 13.8. The third-order valence-corrected chi connectivity index (χ3v) is 10.7. The van der Waals surface area contributed by atoms with Crippen LogP contribution in [0.4, 0.5) is 0 Å². The minimum absolute atomic E-state index is 0.0338. The van der Waals surface area contributed by atoms with Gasteiger partial charge in [-0.2, -0.15) is 0 Å². The van der Waals surface area contributed by atoms with Gasteiger partial charge in [0.1, 0.15) is 5.25 Å². The average Bonchev–Trinajstić information content (AvgIpc) is 3.17. The molecule has 182 valence electrons. The molecule has 3 N–H and O–H groups in total. The van der Waals surface area contributed by atoms with Gasteiger partial charge in [0.25, 0.3) is 0 Å².